The van der Waals surface area contributed by atoms with Gasteiger partial charge in [0.1, 0.15) is 6.04 Å². The van der Waals surface area contributed by atoms with Gasteiger partial charge in [-0.1, -0.05) is 60.7 Å². The average Bonchev–Trinajstić information content (AvgIpc) is 3.27. The first-order valence-corrected chi connectivity index (χ1v) is 13.8. The predicted molar refractivity (Wildman–Crippen MR) is 152 cm³/mol. The molecule has 1 aromatic heterocycles. The molecular weight excluding hydrogens is 512 g/mol. The lowest BCUT2D eigenvalue weighted by Gasteiger charge is -2.35. The molecule has 0 radical (unpaired) electrons. The number of carbonyl (C=O) groups excluding carboxylic acids is 3. The first-order chi connectivity index (χ1) is 18.7. The number of pyridine rings is 1. The van der Waals surface area contributed by atoms with Crippen molar-refractivity contribution in [2.75, 3.05) is 12.9 Å². The zero-order chi connectivity index (χ0) is 28.0. The fourth-order valence-corrected chi connectivity index (χ4v) is 5.86. The van der Waals surface area contributed by atoms with Crippen molar-refractivity contribution in [1.29, 1.82) is 0 Å². The van der Waals surface area contributed by atoms with Crippen LogP contribution in [0.5, 0.6) is 0 Å². The Balaban J connectivity index is 1.56. The summed E-state index contributed by atoms with van der Waals surface area (Å²) in [4.78, 5) is 47.5. The summed E-state index contributed by atoms with van der Waals surface area (Å²) in [6, 6.07) is 20.6. The number of nitrogens with one attached hydrogen (secondary N) is 1. The summed E-state index contributed by atoms with van der Waals surface area (Å²) in [5.74, 6) is -0.977. The van der Waals surface area contributed by atoms with Gasteiger partial charge in [-0.3, -0.25) is 19.4 Å². The fourth-order valence-electron chi connectivity index (χ4n) is 4.73. The lowest BCUT2D eigenvalue weighted by molar-refractivity contribution is -0.150. The fraction of sp³-hybridized carbons (Fsp3) is 0.333. The van der Waals surface area contributed by atoms with E-state index in [4.69, 9.17) is 0 Å². The largest absolute Gasteiger partial charge is 0.381 e. The van der Waals surface area contributed by atoms with Gasteiger partial charge in [0.2, 0.25) is 5.91 Å². The van der Waals surface area contributed by atoms with Crippen molar-refractivity contribution in [3.05, 3.63) is 102 Å². The van der Waals surface area contributed by atoms with Gasteiger partial charge < -0.3 is 20.2 Å². The van der Waals surface area contributed by atoms with Gasteiger partial charge in [0, 0.05) is 30.7 Å². The average molecular weight is 547 g/mol. The highest BCUT2D eigenvalue weighted by atomic mass is 32.2. The van der Waals surface area contributed by atoms with Crippen LogP contribution in [0.2, 0.25) is 0 Å². The summed E-state index contributed by atoms with van der Waals surface area (Å²) in [5.41, 5.74) is 2.16. The molecule has 9 heteroatoms. The molecule has 3 amide bonds. The molecule has 0 saturated carbocycles. The molecule has 0 aliphatic carbocycles. The predicted octanol–water partition coefficient (Wildman–Crippen LogP) is 3.12. The van der Waals surface area contributed by atoms with Crippen LogP contribution in [0.1, 0.15) is 35.3 Å². The number of hydrogen-bond donors (Lipinski definition) is 2. The van der Waals surface area contributed by atoms with Gasteiger partial charge in [0.15, 0.2) is 6.10 Å². The highest BCUT2D eigenvalue weighted by molar-refractivity contribution is 8.00. The smallest absolute Gasteiger partial charge is 0.254 e. The van der Waals surface area contributed by atoms with Crippen molar-refractivity contribution in [3.63, 3.8) is 0 Å². The molecule has 1 aliphatic heterocycles. The second-order valence-corrected chi connectivity index (χ2v) is 11.8. The SMILES string of the molecule is CN(Cc1ccccc1)C(=O)C1N(C(=O)C(O)C(Cc2ccccc2)NC(=O)c2cccnc2)CSC1(C)C. The number of hydrogen-bond acceptors (Lipinski definition) is 6. The Kier molecular flexibility index (Phi) is 9.04. The minimum atomic E-state index is -1.56. The Labute approximate surface area is 233 Å². The minimum Gasteiger partial charge on any atom is -0.381 e. The molecule has 3 unspecified atom stereocenters. The number of amides is 3. The summed E-state index contributed by atoms with van der Waals surface area (Å²) >= 11 is 1.49. The number of aromatic nitrogens is 1. The number of thioether (sulfide) groups is 1. The lowest BCUT2D eigenvalue weighted by atomic mass is 9.96. The number of nitrogens with zero attached hydrogens (tertiary/aromatic N) is 3. The first kappa shape index (κ1) is 28.3. The highest BCUT2D eigenvalue weighted by Crippen LogP contribution is 2.40. The molecule has 2 heterocycles. The Morgan fingerprint density at radius 2 is 1.69 bits per heavy atom. The van der Waals surface area contributed by atoms with Gasteiger partial charge in [0.25, 0.3) is 11.8 Å². The molecule has 0 spiro atoms. The van der Waals surface area contributed by atoms with Gasteiger partial charge in [-0.05, 0) is 43.5 Å². The van der Waals surface area contributed by atoms with Gasteiger partial charge in [-0.25, -0.2) is 0 Å². The maximum absolute atomic E-state index is 13.8. The molecule has 1 saturated heterocycles. The maximum atomic E-state index is 13.8. The number of aliphatic hydroxyl groups excluding tert-OH is 1. The molecule has 3 atom stereocenters. The second-order valence-electron chi connectivity index (χ2n) is 10.2. The van der Waals surface area contributed by atoms with Crippen LogP contribution in [0.4, 0.5) is 0 Å². The van der Waals surface area contributed by atoms with Crippen molar-refractivity contribution in [2.45, 2.75) is 49.7 Å². The normalized spacial score (nSPS) is 17.7. The number of aliphatic hydroxyl groups is 1. The highest BCUT2D eigenvalue weighted by Gasteiger charge is 2.50. The summed E-state index contributed by atoms with van der Waals surface area (Å²) < 4.78 is -0.564. The third-order valence-corrected chi connectivity index (χ3v) is 8.25. The number of carbonyl (C=O) groups is 3. The Morgan fingerprint density at radius 1 is 1.05 bits per heavy atom. The van der Waals surface area contributed by atoms with Crippen molar-refractivity contribution < 1.29 is 19.5 Å². The van der Waals surface area contributed by atoms with E-state index in [1.54, 1.807) is 30.3 Å². The third kappa shape index (κ3) is 6.85. The van der Waals surface area contributed by atoms with E-state index in [0.717, 1.165) is 11.1 Å². The zero-order valence-corrected chi connectivity index (χ0v) is 23.2. The Hall–Kier alpha value is -3.69. The van der Waals surface area contributed by atoms with E-state index in [0.29, 0.717) is 12.1 Å². The second kappa shape index (κ2) is 12.4. The molecule has 2 aromatic carbocycles. The van der Waals surface area contributed by atoms with Crippen LogP contribution >= 0.6 is 11.8 Å². The molecule has 8 nitrogen and oxygen atoms in total. The van der Waals surface area contributed by atoms with Crippen molar-refractivity contribution in [3.8, 4) is 0 Å². The van der Waals surface area contributed by atoms with Crippen molar-refractivity contribution >= 4 is 29.5 Å². The number of rotatable bonds is 9. The number of likely N-dealkylation sites (N-methyl/N-ethyl adjacent to an activating group) is 1. The Morgan fingerprint density at radius 3 is 2.31 bits per heavy atom. The summed E-state index contributed by atoms with van der Waals surface area (Å²) in [6.45, 7) is 4.27. The number of benzene rings is 2. The van der Waals surface area contributed by atoms with Crippen LogP contribution in [0.25, 0.3) is 0 Å². The topological polar surface area (TPSA) is 103 Å². The van der Waals surface area contributed by atoms with E-state index >= 15 is 0 Å². The molecule has 39 heavy (non-hydrogen) atoms. The summed E-state index contributed by atoms with van der Waals surface area (Å²) in [7, 11) is 1.72. The molecule has 3 aromatic rings. The standard InChI is InChI=1S/C30H34N4O4S/c1-30(2)26(29(38)33(3)19-22-13-8-5-9-14-22)34(20-39-30)28(37)25(35)24(17-21-11-6-4-7-12-21)32-27(36)23-15-10-16-31-18-23/h4-16,18,24-26,35H,17,19-20H2,1-3H3,(H,32,36). The van der Waals surface area contributed by atoms with Crippen LogP contribution in [-0.4, -0.2) is 73.5 Å². The maximum Gasteiger partial charge on any atom is 0.254 e. The molecule has 204 valence electrons. The van der Waals surface area contributed by atoms with E-state index in [9.17, 15) is 19.5 Å². The molecular formula is C30H34N4O4S. The summed E-state index contributed by atoms with van der Waals surface area (Å²) in [5, 5.41) is 14.2. The zero-order valence-electron chi connectivity index (χ0n) is 22.4. The minimum absolute atomic E-state index is 0.201. The van der Waals surface area contributed by atoms with Crippen molar-refractivity contribution in [2.24, 2.45) is 0 Å². The monoisotopic (exact) mass is 546 g/mol. The molecule has 1 fully saturated rings. The first-order valence-electron chi connectivity index (χ1n) is 12.8. The van der Waals surface area contributed by atoms with Crippen LogP contribution in [0.15, 0.2) is 85.2 Å². The van der Waals surface area contributed by atoms with E-state index in [1.165, 1.54) is 22.9 Å². The molecule has 0 bridgehead atoms. The molecule has 1 aliphatic rings. The quantitative estimate of drug-likeness (QED) is 0.428. The van der Waals surface area contributed by atoms with Crippen molar-refractivity contribution in [1.82, 2.24) is 20.1 Å². The van der Waals surface area contributed by atoms with E-state index in [-0.39, 0.29) is 18.2 Å². The van der Waals surface area contributed by atoms with Crippen LogP contribution < -0.4 is 5.32 Å². The lowest BCUT2D eigenvalue weighted by Crippen LogP contribution is -2.58. The molecule has 4 rings (SSSR count). The van der Waals surface area contributed by atoms with Crippen LogP contribution in [0.3, 0.4) is 0 Å². The van der Waals surface area contributed by atoms with Gasteiger partial charge in [0.05, 0.1) is 17.5 Å². The third-order valence-electron chi connectivity index (χ3n) is 6.87. The van der Waals surface area contributed by atoms with E-state index < -0.39 is 34.7 Å². The van der Waals surface area contributed by atoms with Crippen LogP contribution in [-0.2, 0) is 22.6 Å². The van der Waals surface area contributed by atoms with Gasteiger partial charge >= 0.3 is 0 Å². The molecule has 2 N–H and O–H groups in total. The van der Waals surface area contributed by atoms with E-state index in [1.807, 2.05) is 74.5 Å². The van der Waals surface area contributed by atoms with Gasteiger partial charge in [-0.2, -0.15) is 0 Å². The Bertz CT molecular complexity index is 1270. The van der Waals surface area contributed by atoms with Crippen LogP contribution in [0, 0.1) is 0 Å². The van der Waals surface area contributed by atoms with E-state index in [2.05, 4.69) is 10.3 Å². The van der Waals surface area contributed by atoms with Gasteiger partial charge in [-0.15, -0.1) is 11.8 Å². The summed E-state index contributed by atoms with van der Waals surface area (Å²) in [6.07, 6.45) is 1.67.